The fourth-order valence-electron chi connectivity index (χ4n) is 2.45. The molecule has 0 bridgehead atoms. The van der Waals surface area contributed by atoms with E-state index in [1.165, 1.54) is 0 Å². The van der Waals surface area contributed by atoms with Crippen molar-refractivity contribution in [2.45, 2.75) is 44.6 Å². The van der Waals surface area contributed by atoms with Crippen molar-refractivity contribution in [1.82, 2.24) is 0 Å². The maximum absolute atomic E-state index is 11.9. The standard InChI is InChI=1S/C14H19ClN2O/c1-10-4-5-11(8-12(10)15)17-13(18)9-14(16)6-2-3-7-14/h4-5,8H,2-3,6-7,9,16H2,1H3,(H,17,18). The van der Waals surface area contributed by atoms with Gasteiger partial charge in [0.1, 0.15) is 0 Å². The number of rotatable bonds is 3. The molecule has 0 unspecified atom stereocenters. The lowest BCUT2D eigenvalue weighted by molar-refractivity contribution is -0.117. The fourth-order valence-corrected chi connectivity index (χ4v) is 2.63. The summed E-state index contributed by atoms with van der Waals surface area (Å²) in [6.45, 7) is 1.93. The third-order valence-electron chi connectivity index (χ3n) is 3.57. The first-order valence-corrected chi connectivity index (χ1v) is 6.71. The number of halogens is 1. The van der Waals surface area contributed by atoms with E-state index in [2.05, 4.69) is 5.32 Å². The van der Waals surface area contributed by atoms with Crippen LogP contribution in [0.1, 0.15) is 37.7 Å². The van der Waals surface area contributed by atoms with Crippen LogP contribution in [0.4, 0.5) is 5.69 Å². The smallest absolute Gasteiger partial charge is 0.226 e. The molecule has 0 radical (unpaired) electrons. The van der Waals surface area contributed by atoms with Crippen LogP contribution in [0.25, 0.3) is 0 Å². The molecule has 1 aromatic carbocycles. The zero-order chi connectivity index (χ0) is 13.2. The van der Waals surface area contributed by atoms with Crippen LogP contribution in [-0.2, 0) is 4.79 Å². The molecule has 1 fully saturated rings. The van der Waals surface area contributed by atoms with Crippen molar-refractivity contribution in [2.75, 3.05) is 5.32 Å². The first kappa shape index (κ1) is 13.4. The number of hydrogen-bond acceptors (Lipinski definition) is 2. The summed E-state index contributed by atoms with van der Waals surface area (Å²) in [5, 5.41) is 3.52. The van der Waals surface area contributed by atoms with Crippen molar-refractivity contribution in [2.24, 2.45) is 5.73 Å². The molecule has 0 spiro atoms. The van der Waals surface area contributed by atoms with Crippen LogP contribution in [-0.4, -0.2) is 11.4 Å². The molecular weight excluding hydrogens is 248 g/mol. The van der Waals surface area contributed by atoms with Crippen molar-refractivity contribution in [1.29, 1.82) is 0 Å². The fraction of sp³-hybridized carbons (Fsp3) is 0.500. The Bertz CT molecular complexity index is 453. The zero-order valence-corrected chi connectivity index (χ0v) is 11.4. The van der Waals surface area contributed by atoms with Crippen molar-refractivity contribution < 1.29 is 4.79 Å². The lowest BCUT2D eigenvalue weighted by Crippen LogP contribution is -2.40. The van der Waals surface area contributed by atoms with Crippen LogP contribution in [0.2, 0.25) is 5.02 Å². The van der Waals surface area contributed by atoms with E-state index in [-0.39, 0.29) is 11.4 Å². The molecule has 1 aliphatic rings. The first-order valence-electron chi connectivity index (χ1n) is 6.33. The highest BCUT2D eigenvalue weighted by molar-refractivity contribution is 6.31. The Labute approximate surface area is 113 Å². The number of carbonyl (C=O) groups excluding carboxylic acids is 1. The van der Waals surface area contributed by atoms with Crippen LogP contribution in [0.15, 0.2) is 18.2 Å². The van der Waals surface area contributed by atoms with Crippen molar-refractivity contribution in [3.63, 3.8) is 0 Å². The number of aryl methyl sites for hydroxylation is 1. The third-order valence-corrected chi connectivity index (χ3v) is 3.97. The van der Waals surface area contributed by atoms with E-state index in [1.807, 2.05) is 19.1 Å². The Kier molecular flexibility index (Phi) is 3.93. The SMILES string of the molecule is Cc1ccc(NC(=O)CC2(N)CCCC2)cc1Cl. The average Bonchev–Trinajstić information content (AvgIpc) is 2.70. The average molecular weight is 267 g/mol. The summed E-state index contributed by atoms with van der Waals surface area (Å²) < 4.78 is 0. The molecule has 18 heavy (non-hydrogen) atoms. The van der Waals surface area contributed by atoms with Crippen LogP contribution in [0.5, 0.6) is 0 Å². The maximum Gasteiger partial charge on any atom is 0.226 e. The Balaban J connectivity index is 1.96. The second-order valence-electron chi connectivity index (χ2n) is 5.26. The van der Waals surface area contributed by atoms with E-state index < -0.39 is 0 Å². The molecule has 1 saturated carbocycles. The molecule has 0 aliphatic heterocycles. The van der Waals surface area contributed by atoms with Gasteiger partial charge in [-0.3, -0.25) is 4.79 Å². The third kappa shape index (κ3) is 3.24. The summed E-state index contributed by atoms with van der Waals surface area (Å²) in [6, 6.07) is 5.52. The lowest BCUT2D eigenvalue weighted by atomic mass is 9.94. The number of anilines is 1. The van der Waals surface area contributed by atoms with Gasteiger partial charge >= 0.3 is 0 Å². The van der Waals surface area contributed by atoms with Gasteiger partial charge in [-0.1, -0.05) is 30.5 Å². The Morgan fingerprint density at radius 3 is 2.72 bits per heavy atom. The Morgan fingerprint density at radius 2 is 2.11 bits per heavy atom. The molecule has 0 saturated heterocycles. The molecule has 1 aromatic rings. The lowest BCUT2D eigenvalue weighted by Gasteiger charge is -2.22. The number of benzene rings is 1. The first-order chi connectivity index (χ1) is 8.48. The predicted octanol–water partition coefficient (Wildman–Crippen LogP) is 3.25. The molecular formula is C14H19ClN2O. The molecule has 0 aromatic heterocycles. The molecule has 1 aliphatic carbocycles. The highest BCUT2D eigenvalue weighted by Crippen LogP contribution is 2.30. The van der Waals surface area contributed by atoms with Gasteiger partial charge in [-0.2, -0.15) is 0 Å². The van der Waals surface area contributed by atoms with Gasteiger partial charge in [0.05, 0.1) is 0 Å². The monoisotopic (exact) mass is 266 g/mol. The van der Waals surface area contributed by atoms with Crippen molar-refractivity contribution >= 4 is 23.2 Å². The topological polar surface area (TPSA) is 55.1 Å². The van der Waals surface area contributed by atoms with Gasteiger partial charge in [-0.15, -0.1) is 0 Å². The number of carbonyl (C=O) groups is 1. The van der Waals surface area contributed by atoms with E-state index in [1.54, 1.807) is 6.07 Å². The maximum atomic E-state index is 11.9. The minimum Gasteiger partial charge on any atom is -0.326 e. The zero-order valence-electron chi connectivity index (χ0n) is 10.6. The quantitative estimate of drug-likeness (QED) is 0.882. The van der Waals surface area contributed by atoms with Gasteiger partial charge in [-0.25, -0.2) is 0 Å². The minimum atomic E-state index is -0.307. The number of nitrogens with one attached hydrogen (secondary N) is 1. The van der Waals surface area contributed by atoms with Crippen molar-refractivity contribution in [3.05, 3.63) is 28.8 Å². The molecule has 4 heteroatoms. The summed E-state index contributed by atoms with van der Waals surface area (Å²) in [7, 11) is 0. The molecule has 0 heterocycles. The van der Waals surface area contributed by atoms with Gasteiger partial charge in [0.15, 0.2) is 0 Å². The van der Waals surface area contributed by atoms with Gasteiger partial charge in [0.2, 0.25) is 5.91 Å². The minimum absolute atomic E-state index is 0.0284. The molecule has 98 valence electrons. The van der Waals surface area contributed by atoms with Crippen LogP contribution < -0.4 is 11.1 Å². The van der Waals surface area contributed by atoms with Gasteiger partial charge in [0, 0.05) is 22.7 Å². The largest absolute Gasteiger partial charge is 0.326 e. The molecule has 3 N–H and O–H groups in total. The second-order valence-corrected chi connectivity index (χ2v) is 5.67. The van der Waals surface area contributed by atoms with Crippen LogP contribution in [0, 0.1) is 6.92 Å². The highest BCUT2D eigenvalue weighted by Gasteiger charge is 2.31. The van der Waals surface area contributed by atoms with Gasteiger partial charge < -0.3 is 11.1 Å². The molecule has 2 rings (SSSR count). The number of amides is 1. The van der Waals surface area contributed by atoms with E-state index >= 15 is 0 Å². The van der Waals surface area contributed by atoms with E-state index in [4.69, 9.17) is 17.3 Å². The summed E-state index contributed by atoms with van der Waals surface area (Å²) in [5.74, 6) is -0.0284. The van der Waals surface area contributed by atoms with Gasteiger partial charge in [-0.05, 0) is 37.5 Å². The van der Waals surface area contributed by atoms with E-state index in [0.29, 0.717) is 11.4 Å². The normalized spacial score (nSPS) is 17.7. The number of nitrogens with two attached hydrogens (primary N) is 1. The van der Waals surface area contributed by atoms with Gasteiger partial charge in [0.25, 0.3) is 0 Å². The van der Waals surface area contributed by atoms with Crippen LogP contribution >= 0.6 is 11.6 Å². The summed E-state index contributed by atoms with van der Waals surface area (Å²) in [5.41, 5.74) is 7.61. The van der Waals surface area contributed by atoms with Crippen LogP contribution in [0.3, 0.4) is 0 Å². The Morgan fingerprint density at radius 1 is 1.44 bits per heavy atom. The van der Waals surface area contributed by atoms with Crippen molar-refractivity contribution in [3.8, 4) is 0 Å². The predicted molar refractivity (Wildman–Crippen MR) is 74.8 cm³/mol. The Hall–Kier alpha value is -1.06. The summed E-state index contributed by atoms with van der Waals surface area (Å²) in [6.07, 6.45) is 4.52. The number of hydrogen-bond donors (Lipinski definition) is 2. The summed E-state index contributed by atoms with van der Waals surface area (Å²) in [4.78, 5) is 11.9. The molecule has 1 amide bonds. The summed E-state index contributed by atoms with van der Waals surface area (Å²) >= 11 is 6.02. The second kappa shape index (κ2) is 5.29. The highest BCUT2D eigenvalue weighted by atomic mass is 35.5. The van der Waals surface area contributed by atoms with E-state index in [9.17, 15) is 4.79 Å². The molecule has 3 nitrogen and oxygen atoms in total. The van der Waals surface area contributed by atoms with E-state index in [0.717, 1.165) is 36.9 Å². The molecule has 0 atom stereocenters.